The van der Waals surface area contributed by atoms with Crippen LogP contribution in [0.15, 0.2) is 11.0 Å². The summed E-state index contributed by atoms with van der Waals surface area (Å²) in [6.07, 6.45) is 2.89. The SMILES string of the molecule is Nc1c(F)c(C2CC3CCCNC3C2)c(F)c2c1c(=O)c(C(=O)O)cn2[C@@H]1C[C@@H]1F. The van der Waals surface area contributed by atoms with E-state index in [0.717, 1.165) is 30.2 Å². The number of hydrogen-bond donors (Lipinski definition) is 3. The summed E-state index contributed by atoms with van der Waals surface area (Å²) in [6, 6.07) is -0.624. The lowest BCUT2D eigenvalue weighted by molar-refractivity contribution is 0.0694. The van der Waals surface area contributed by atoms with Crippen LogP contribution in [0.1, 0.15) is 60.0 Å². The summed E-state index contributed by atoms with van der Waals surface area (Å²) >= 11 is 0. The summed E-state index contributed by atoms with van der Waals surface area (Å²) in [5.74, 6) is -3.60. The Morgan fingerprint density at radius 2 is 1.97 bits per heavy atom. The largest absolute Gasteiger partial charge is 0.477 e. The number of carboxylic acid groups (broad SMARTS) is 1. The predicted octanol–water partition coefficient (Wildman–Crippen LogP) is 3.09. The molecule has 1 aromatic carbocycles. The summed E-state index contributed by atoms with van der Waals surface area (Å²) < 4.78 is 46.1. The van der Waals surface area contributed by atoms with Crippen molar-refractivity contribution < 1.29 is 23.1 Å². The van der Waals surface area contributed by atoms with Crippen LogP contribution in [-0.4, -0.2) is 34.4 Å². The number of fused-ring (bicyclic) bond motifs is 2. The van der Waals surface area contributed by atoms with Gasteiger partial charge in [0, 0.05) is 24.2 Å². The Morgan fingerprint density at radius 1 is 1.23 bits per heavy atom. The van der Waals surface area contributed by atoms with E-state index in [-0.39, 0.29) is 23.5 Å². The first-order chi connectivity index (χ1) is 14.3. The van der Waals surface area contributed by atoms with Crippen LogP contribution in [0.25, 0.3) is 10.9 Å². The Balaban J connectivity index is 1.75. The lowest BCUT2D eigenvalue weighted by Crippen LogP contribution is -2.37. The number of aromatic nitrogens is 1. The van der Waals surface area contributed by atoms with Gasteiger partial charge in [0.05, 0.1) is 22.6 Å². The minimum atomic E-state index is -1.55. The second kappa shape index (κ2) is 6.73. The Morgan fingerprint density at radius 3 is 2.60 bits per heavy atom. The summed E-state index contributed by atoms with van der Waals surface area (Å²) in [7, 11) is 0. The fourth-order valence-electron chi connectivity index (χ4n) is 5.38. The van der Waals surface area contributed by atoms with E-state index in [1.165, 1.54) is 0 Å². The second-order valence-electron chi connectivity index (χ2n) is 8.71. The van der Waals surface area contributed by atoms with Crippen LogP contribution < -0.4 is 16.5 Å². The molecule has 4 N–H and O–H groups in total. The maximum Gasteiger partial charge on any atom is 0.341 e. The average molecular weight is 421 g/mol. The van der Waals surface area contributed by atoms with E-state index in [1.54, 1.807) is 0 Å². The van der Waals surface area contributed by atoms with Crippen LogP contribution in [-0.2, 0) is 0 Å². The zero-order valence-corrected chi connectivity index (χ0v) is 16.1. The smallest absolute Gasteiger partial charge is 0.341 e. The molecule has 2 aliphatic carbocycles. The third-order valence-electron chi connectivity index (χ3n) is 6.95. The van der Waals surface area contributed by atoms with Gasteiger partial charge in [0.2, 0.25) is 5.43 Å². The first-order valence-electron chi connectivity index (χ1n) is 10.3. The molecule has 3 aliphatic rings. The number of nitrogen functional groups attached to an aromatic ring is 1. The molecule has 6 nitrogen and oxygen atoms in total. The van der Waals surface area contributed by atoms with Crippen molar-refractivity contribution in [2.75, 3.05) is 12.3 Å². The number of aromatic carboxylic acids is 1. The van der Waals surface area contributed by atoms with Gasteiger partial charge in [-0.2, -0.15) is 0 Å². The van der Waals surface area contributed by atoms with Crippen molar-refractivity contribution in [1.29, 1.82) is 0 Å². The highest BCUT2D eigenvalue weighted by atomic mass is 19.1. The molecule has 5 atom stereocenters. The van der Waals surface area contributed by atoms with Gasteiger partial charge in [0.25, 0.3) is 0 Å². The number of hydrogen-bond acceptors (Lipinski definition) is 4. The van der Waals surface area contributed by atoms with Crippen molar-refractivity contribution in [2.45, 2.75) is 56.3 Å². The Kier molecular flexibility index (Phi) is 4.36. The third kappa shape index (κ3) is 2.74. The quantitative estimate of drug-likeness (QED) is 0.662. The molecule has 1 saturated heterocycles. The zero-order valence-electron chi connectivity index (χ0n) is 16.1. The van der Waals surface area contributed by atoms with Crippen LogP contribution in [0.5, 0.6) is 0 Å². The van der Waals surface area contributed by atoms with Crippen molar-refractivity contribution in [1.82, 2.24) is 9.88 Å². The number of anilines is 1. The molecular formula is C21H22F3N3O3. The van der Waals surface area contributed by atoms with E-state index in [0.29, 0.717) is 18.8 Å². The van der Waals surface area contributed by atoms with E-state index in [1.807, 2.05) is 0 Å². The number of carboxylic acids is 1. The number of rotatable bonds is 3. The molecule has 30 heavy (non-hydrogen) atoms. The van der Waals surface area contributed by atoms with E-state index in [2.05, 4.69) is 5.32 Å². The highest BCUT2D eigenvalue weighted by Gasteiger charge is 2.43. The van der Waals surface area contributed by atoms with Crippen molar-refractivity contribution in [2.24, 2.45) is 5.92 Å². The second-order valence-corrected chi connectivity index (χ2v) is 8.71. The van der Waals surface area contributed by atoms with Crippen molar-refractivity contribution >= 4 is 22.6 Å². The molecule has 0 amide bonds. The molecule has 3 fully saturated rings. The van der Waals surface area contributed by atoms with Gasteiger partial charge in [0.15, 0.2) is 11.6 Å². The molecule has 9 heteroatoms. The lowest BCUT2D eigenvalue weighted by atomic mass is 9.91. The van der Waals surface area contributed by atoms with Gasteiger partial charge in [-0.25, -0.2) is 18.0 Å². The highest BCUT2D eigenvalue weighted by molar-refractivity contribution is 5.98. The predicted molar refractivity (Wildman–Crippen MR) is 105 cm³/mol. The first kappa shape index (κ1) is 19.4. The van der Waals surface area contributed by atoms with E-state index in [4.69, 9.17) is 5.73 Å². The maximum absolute atomic E-state index is 15.8. The first-order valence-corrected chi connectivity index (χ1v) is 10.3. The fourth-order valence-corrected chi connectivity index (χ4v) is 5.38. The summed E-state index contributed by atoms with van der Waals surface area (Å²) in [6.45, 7) is 0.871. The van der Waals surface area contributed by atoms with Crippen LogP contribution in [0.4, 0.5) is 18.9 Å². The molecule has 2 saturated carbocycles. The zero-order chi connectivity index (χ0) is 21.3. The number of nitrogens with zero attached hydrogens (tertiary/aromatic N) is 1. The normalized spacial score (nSPS) is 30.4. The molecular weight excluding hydrogens is 399 g/mol. The van der Waals surface area contributed by atoms with E-state index in [9.17, 15) is 19.1 Å². The summed E-state index contributed by atoms with van der Waals surface area (Å²) in [4.78, 5) is 24.2. The lowest BCUT2D eigenvalue weighted by Gasteiger charge is -2.25. The van der Waals surface area contributed by atoms with Gasteiger partial charge >= 0.3 is 5.97 Å². The standard InChI is InChI=1S/C21H22F3N3O3/c22-11-6-13(11)27-7-10(21(29)30)20(28)15-18(25)16(23)14(17(24)19(15)27)9-4-8-2-1-3-26-12(8)5-9/h7-9,11-13,26H,1-6,25H2,(H,29,30)/t8?,9?,11-,12?,13+/m0/s1. The minimum Gasteiger partial charge on any atom is -0.477 e. The number of carbonyl (C=O) groups is 1. The molecule has 2 heterocycles. The van der Waals surface area contributed by atoms with E-state index < -0.39 is 57.8 Å². The number of piperidine rings is 1. The Bertz CT molecular complexity index is 1120. The fraction of sp³-hybridized carbons (Fsp3) is 0.524. The van der Waals surface area contributed by atoms with Crippen LogP contribution in [0.2, 0.25) is 0 Å². The third-order valence-corrected chi connectivity index (χ3v) is 6.95. The van der Waals surface area contributed by atoms with Gasteiger partial charge in [0.1, 0.15) is 11.7 Å². The molecule has 160 valence electrons. The van der Waals surface area contributed by atoms with Crippen molar-refractivity contribution in [3.05, 3.63) is 39.2 Å². The van der Waals surface area contributed by atoms with Crippen LogP contribution in [0.3, 0.4) is 0 Å². The van der Waals surface area contributed by atoms with Gasteiger partial charge in [-0.3, -0.25) is 4.79 Å². The molecule has 5 rings (SSSR count). The molecule has 3 unspecified atom stereocenters. The molecule has 1 aliphatic heterocycles. The van der Waals surface area contributed by atoms with E-state index >= 15 is 8.78 Å². The van der Waals surface area contributed by atoms with Gasteiger partial charge < -0.3 is 20.7 Å². The topological polar surface area (TPSA) is 97.3 Å². The monoisotopic (exact) mass is 421 g/mol. The Labute approximate surface area is 169 Å². The van der Waals surface area contributed by atoms with Gasteiger partial charge in [-0.1, -0.05) is 0 Å². The number of nitrogens with two attached hydrogens (primary N) is 1. The maximum atomic E-state index is 15.8. The van der Waals surface area contributed by atoms with Gasteiger partial charge in [-0.15, -0.1) is 0 Å². The molecule has 1 aromatic heterocycles. The van der Waals surface area contributed by atoms with Crippen molar-refractivity contribution in [3.8, 4) is 0 Å². The number of halogens is 3. The number of benzene rings is 1. The average Bonchev–Trinajstić information content (AvgIpc) is 3.27. The minimum absolute atomic E-state index is 0.0700. The summed E-state index contributed by atoms with van der Waals surface area (Å²) in [5, 5.41) is 12.2. The Hall–Kier alpha value is -2.55. The highest BCUT2D eigenvalue weighted by Crippen LogP contribution is 2.47. The number of pyridine rings is 1. The number of nitrogens with one attached hydrogen (secondary N) is 1. The molecule has 0 bridgehead atoms. The van der Waals surface area contributed by atoms with Crippen LogP contribution in [0, 0.1) is 17.6 Å². The summed E-state index contributed by atoms with van der Waals surface area (Å²) in [5.41, 5.74) is 3.15. The molecule has 0 radical (unpaired) electrons. The number of alkyl halides is 1. The van der Waals surface area contributed by atoms with Crippen molar-refractivity contribution in [3.63, 3.8) is 0 Å². The molecule has 2 aromatic rings. The van der Waals surface area contributed by atoms with Crippen LogP contribution >= 0.6 is 0 Å². The molecule has 0 spiro atoms. The van der Waals surface area contributed by atoms with Gasteiger partial charge in [-0.05, 0) is 44.1 Å².